The number of nitrogens with one attached hydrogen (secondary N) is 1. The first kappa shape index (κ1) is 18.2. The lowest BCUT2D eigenvalue weighted by Gasteiger charge is -2.23. The fraction of sp³-hybridized carbons (Fsp3) is 0.417. The van der Waals surface area contributed by atoms with Gasteiger partial charge in [0.15, 0.2) is 0 Å². The first-order valence-electron chi connectivity index (χ1n) is 10.8. The van der Waals surface area contributed by atoms with Crippen LogP contribution in [-0.2, 0) is 0 Å². The fourth-order valence-corrected chi connectivity index (χ4v) is 4.81. The van der Waals surface area contributed by atoms with Gasteiger partial charge in [-0.2, -0.15) is 0 Å². The van der Waals surface area contributed by atoms with Crippen LogP contribution in [0.4, 0.5) is 5.95 Å². The molecular formula is C24H28N4O. The first-order chi connectivity index (χ1) is 14.2. The number of hydrogen-bond donors (Lipinski definition) is 1. The molecule has 1 aromatic heterocycles. The summed E-state index contributed by atoms with van der Waals surface area (Å²) in [5.74, 6) is 1.09. The maximum absolute atomic E-state index is 12.6. The van der Waals surface area contributed by atoms with Gasteiger partial charge in [-0.05, 0) is 50.5 Å². The summed E-state index contributed by atoms with van der Waals surface area (Å²) in [5.41, 5.74) is 4.20. The molecule has 0 unspecified atom stereocenters. The van der Waals surface area contributed by atoms with Gasteiger partial charge in [0, 0.05) is 30.7 Å². The Bertz CT molecular complexity index is 1020. The number of nitrogens with zero attached hydrogens (tertiary/aromatic N) is 3. The highest BCUT2D eigenvalue weighted by Crippen LogP contribution is 2.37. The van der Waals surface area contributed by atoms with Crippen molar-refractivity contribution in [3.8, 4) is 0 Å². The normalized spacial score (nSPS) is 19.9. The summed E-state index contributed by atoms with van der Waals surface area (Å²) in [6, 6.07) is 16.9. The van der Waals surface area contributed by atoms with Crippen LogP contribution in [0.5, 0.6) is 0 Å². The van der Waals surface area contributed by atoms with Crippen molar-refractivity contribution in [2.24, 2.45) is 0 Å². The van der Waals surface area contributed by atoms with E-state index in [1.807, 2.05) is 31.2 Å². The number of para-hydroxylation sites is 2. The van der Waals surface area contributed by atoms with E-state index in [1.165, 1.54) is 36.8 Å². The Morgan fingerprint density at radius 3 is 2.59 bits per heavy atom. The summed E-state index contributed by atoms with van der Waals surface area (Å²) in [6.45, 7) is 3.77. The van der Waals surface area contributed by atoms with E-state index in [0.29, 0.717) is 6.04 Å². The Hall–Kier alpha value is -2.82. The van der Waals surface area contributed by atoms with E-state index in [1.54, 1.807) is 0 Å². The lowest BCUT2D eigenvalue weighted by molar-refractivity contribution is 0.0940. The van der Waals surface area contributed by atoms with Crippen molar-refractivity contribution < 1.29 is 4.79 Å². The van der Waals surface area contributed by atoms with Crippen LogP contribution in [-0.4, -0.2) is 34.6 Å². The predicted octanol–water partition coefficient (Wildman–Crippen LogP) is 4.47. The summed E-state index contributed by atoms with van der Waals surface area (Å²) in [7, 11) is 0. The quantitative estimate of drug-likeness (QED) is 0.717. The highest BCUT2D eigenvalue weighted by atomic mass is 16.1. The molecule has 1 aliphatic heterocycles. The highest BCUT2D eigenvalue weighted by Gasteiger charge is 2.30. The van der Waals surface area contributed by atoms with Crippen LogP contribution in [0.1, 0.15) is 54.1 Å². The summed E-state index contributed by atoms with van der Waals surface area (Å²) in [4.78, 5) is 20.0. The molecule has 1 saturated heterocycles. The standard InChI is InChI=1S/C24H28N4O/c1-17-10-12-18(13-11-17)23(29)25-19-14-15-27(16-19)24-26-21-8-4-5-9-22(21)28(24)20-6-2-3-7-20/h4-5,8-13,19-20H,2-3,6-7,14-16H2,1H3,(H,25,29)/t19-/m0/s1. The van der Waals surface area contributed by atoms with Crippen LogP contribution in [0.2, 0.25) is 0 Å². The van der Waals surface area contributed by atoms with E-state index in [-0.39, 0.29) is 11.9 Å². The zero-order chi connectivity index (χ0) is 19.8. The first-order valence-corrected chi connectivity index (χ1v) is 10.8. The van der Waals surface area contributed by atoms with Gasteiger partial charge < -0.3 is 14.8 Å². The van der Waals surface area contributed by atoms with Crippen LogP contribution in [0.3, 0.4) is 0 Å². The Kier molecular flexibility index (Phi) is 4.74. The molecule has 1 amide bonds. The summed E-state index contributed by atoms with van der Waals surface area (Å²) < 4.78 is 2.46. The highest BCUT2D eigenvalue weighted by molar-refractivity contribution is 5.94. The molecule has 5 rings (SSSR count). The maximum atomic E-state index is 12.6. The smallest absolute Gasteiger partial charge is 0.251 e. The molecule has 0 spiro atoms. The molecule has 2 aliphatic rings. The van der Waals surface area contributed by atoms with Gasteiger partial charge in [0.2, 0.25) is 5.95 Å². The molecule has 0 bridgehead atoms. The topological polar surface area (TPSA) is 50.2 Å². The van der Waals surface area contributed by atoms with E-state index in [9.17, 15) is 4.79 Å². The molecule has 29 heavy (non-hydrogen) atoms. The number of fused-ring (bicyclic) bond motifs is 1. The van der Waals surface area contributed by atoms with Crippen molar-refractivity contribution in [2.45, 2.75) is 51.1 Å². The van der Waals surface area contributed by atoms with E-state index in [0.717, 1.165) is 36.5 Å². The van der Waals surface area contributed by atoms with Gasteiger partial charge >= 0.3 is 0 Å². The summed E-state index contributed by atoms with van der Waals surface area (Å²) >= 11 is 0. The third-order valence-electron chi connectivity index (χ3n) is 6.39. The second kappa shape index (κ2) is 7.54. The van der Waals surface area contributed by atoms with Crippen molar-refractivity contribution >= 4 is 22.9 Å². The van der Waals surface area contributed by atoms with Gasteiger partial charge in [0.1, 0.15) is 0 Å². The van der Waals surface area contributed by atoms with Crippen LogP contribution >= 0.6 is 0 Å². The number of imidazole rings is 1. The van der Waals surface area contributed by atoms with Gasteiger partial charge in [0.05, 0.1) is 11.0 Å². The number of aryl methyl sites for hydroxylation is 1. The monoisotopic (exact) mass is 388 g/mol. The van der Waals surface area contributed by atoms with Crippen molar-refractivity contribution in [1.82, 2.24) is 14.9 Å². The van der Waals surface area contributed by atoms with Gasteiger partial charge in [-0.1, -0.05) is 42.7 Å². The minimum Gasteiger partial charge on any atom is -0.347 e. The van der Waals surface area contributed by atoms with E-state index in [2.05, 4.69) is 39.0 Å². The second-order valence-electron chi connectivity index (χ2n) is 8.48. The zero-order valence-corrected chi connectivity index (χ0v) is 17.0. The number of hydrogen-bond acceptors (Lipinski definition) is 3. The molecule has 1 aliphatic carbocycles. The largest absolute Gasteiger partial charge is 0.347 e. The minimum atomic E-state index is 0.0149. The fourth-order valence-electron chi connectivity index (χ4n) is 4.81. The van der Waals surface area contributed by atoms with E-state index < -0.39 is 0 Å². The van der Waals surface area contributed by atoms with Gasteiger partial charge in [-0.3, -0.25) is 4.79 Å². The number of rotatable bonds is 4. The van der Waals surface area contributed by atoms with Crippen LogP contribution in [0.15, 0.2) is 48.5 Å². The summed E-state index contributed by atoms with van der Waals surface area (Å²) in [5, 5.41) is 3.22. The molecule has 5 heteroatoms. The third-order valence-corrected chi connectivity index (χ3v) is 6.39. The number of amides is 1. The molecule has 150 valence electrons. The molecule has 1 saturated carbocycles. The molecule has 2 aromatic carbocycles. The zero-order valence-electron chi connectivity index (χ0n) is 17.0. The molecule has 2 fully saturated rings. The summed E-state index contributed by atoms with van der Waals surface area (Å²) in [6.07, 6.45) is 6.01. The molecule has 1 atom stereocenters. The molecule has 2 heterocycles. The number of anilines is 1. The van der Waals surface area contributed by atoms with Gasteiger partial charge in [-0.25, -0.2) is 4.98 Å². The Balaban J connectivity index is 1.36. The number of carbonyl (C=O) groups excluding carboxylic acids is 1. The average molecular weight is 389 g/mol. The Labute approximate surface area is 171 Å². The lowest BCUT2D eigenvalue weighted by atomic mass is 10.1. The average Bonchev–Trinajstić information content (AvgIpc) is 3.47. The van der Waals surface area contributed by atoms with Crippen molar-refractivity contribution in [3.63, 3.8) is 0 Å². The number of aromatic nitrogens is 2. The Morgan fingerprint density at radius 1 is 1.03 bits per heavy atom. The molecule has 0 radical (unpaired) electrons. The lowest BCUT2D eigenvalue weighted by Crippen LogP contribution is -2.37. The van der Waals surface area contributed by atoms with Gasteiger partial charge in [0.25, 0.3) is 5.91 Å². The van der Waals surface area contributed by atoms with Crippen molar-refractivity contribution in [2.75, 3.05) is 18.0 Å². The predicted molar refractivity (Wildman–Crippen MR) is 117 cm³/mol. The molecule has 1 N–H and O–H groups in total. The number of benzene rings is 2. The molecule has 5 nitrogen and oxygen atoms in total. The van der Waals surface area contributed by atoms with Crippen molar-refractivity contribution in [3.05, 3.63) is 59.7 Å². The number of carbonyl (C=O) groups is 1. The Morgan fingerprint density at radius 2 is 1.79 bits per heavy atom. The van der Waals surface area contributed by atoms with Crippen LogP contribution in [0, 0.1) is 6.92 Å². The third kappa shape index (κ3) is 3.50. The van der Waals surface area contributed by atoms with E-state index >= 15 is 0 Å². The van der Waals surface area contributed by atoms with Gasteiger partial charge in [-0.15, -0.1) is 0 Å². The SMILES string of the molecule is Cc1ccc(C(=O)N[C@H]2CCN(c3nc4ccccc4n3C3CCCC3)C2)cc1. The van der Waals surface area contributed by atoms with Crippen LogP contribution in [0.25, 0.3) is 11.0 Å². The van der Waals surface area contributed by atoms with Crippen LogP contribution < -0.4 is 10.2 Å². The molecular weight excluding hydrogens is 360 g/mol. The second-order valence-corrected chi connectivity index (χ2v) is 8.48. The van der Waals surface area contributed by atoms with Crippen molar-refractivity contribution in [1.29, 1.82) is 0 Å². The maximum Gasteiger partial charge on any atom is 0.251 e. The van der Waals surface area contributed by atoms with E-state index in [4.69, 9.17) is 4.98 Å². The minimum absolute atomic E-state index is 0.0149. The molecule has 3 aromatic rings.